The summed E-state index contributed by atoms with van der Waals surface area (Å²) in [5, 5.41) is 17.2. The summed E-state index contributed by atoms with van der Waals surface area (Å²) in [6, 6.07) is 17.1. The zero-order valence-electron chi connectivity index (χ0n) is 19.9. The van der Waals surface area contributed by atoms with Crippen LogP contribution in [0.4, 0.5) is 10.8 Å². The lowest BCUT2D eigenvalue weighted by Crippen LogP contribution is -2.25. The lowest BCUT2D eigenvalue weighted by molar-refractivity contribution is -0.115. The Morgan fingerprint density at radius 1 is 1.06 bits per heavy atom. The number of hydrogen-bond acceptors (Lipinski definition) is 7. The largest absolute Gasteiger partial charge is 0.323 e. The van der Waals surface area contributed by atoms with Crippen LogP contribution in [-0.2, 0) is 16.1 Å². The van der Waals surface area contributed by atoms with E-state index in [1.165, 1.54) is 29.2 Å². The van der Waals surface area contributed by atoms with Crippen LogP contribution in [0.2, 0.25) is 0 Å². The minimum absolute atomic E-state index is 0.105. The summed E-state index contributed by atoms with van der Waals surface area (Å²) in [4.78, 5) is 29.1. The monoisotopic (exact) mass is 518 g/mol. The molecule has 2 amide bonds. The van der Waals surface area contributed by atoms with E-state index in [0.717, 1.165) is 11.1 Å². The highest BCUT2D eigenvalue weighted by Crippen LogP contribution is 2.29. The van der Waals surface area contributed by atoms with Crippen molar-refractivity contribution in [2.45, 2.75) is 37.2 Å². The molecular formula is C26H26N6O2S2. The molecule has 2 N–H and O–H groups in total. The van der Waals surface area contributed by atoms with E-state index in [-0.39, 0.29) is 17.1 Å². The molecule has 0 aliphatic rings. The molecule has 4 aromatic rings. The van der Waals surface area contributed by atoms with Gasteiger partial charge in [-0.1, -0.05) is 49.0 Å². The Morgan fingerprint density at radius 2 is 1.83 bits per heavy atom. The van der Waals surface area contributed by atoms with Crippen molar-refractivity contribution in [3.63, 3.8) is 0 Å². The third-order valence-corrected chi connectivity index (χ3v) is 7.28. The van der Waals surface area contributed by atoms with E-state index in [1.54, 1.807) is 12.3 Å². The Bertz CT molecular complexity index is 1320. The van der Waals surface area contributed by atoms with Gasteiger partial charge >= 0.3 is 0 Å². The zero-order chi connectivity index (χ0) is 25.3. The second kappa shape index (κ2) is 12.3. The fourth-order valence-electron chi connectivity index (χ4n) is 3.42. The van der Waals surface area contributed by atoms with Gasteiger partial charge in [0.25, 0.3) is 0 Å². The molecule has 0 fully saturated rings. The van der Waals surface area contributed by atoms with Gasteiger partial charge in [-0.2, -0.15) is 0 Å². The van der Waals surface area contributed by atoms with Crippen molar-refractivity contribution in [1.82, 2.24) is 19.7 Å². The van der Waals surface area contributed by atoms with Crippen LogP contribution in [0.3, 0.4) is 0 Å². The normalized spacial score (nSPS) is 11.9. The van der Waals surface area contributed by atoms with Crippen LogP contribution in [0.15, 0.2) is 77.4 Å². The molecular weight excluding hydrogens is 492 g/mol. The van der Waals surface area contributed by atoms with Crippen molar-refractivity contribution in [3.8, 4) is 11.4 Å². The Labute approximate surface area is 217 Å². The summed E-state index contributed by atoms with van der Waals surface area (Å²) in [7, 11) is 0. The number of amides is 2. The third kappa shape index (κ3) is 6.46. The van der Waals surface area contributed by atoms with Crippen LogP contribution in [-0.4, -0.2) is 36.8 Å². The average molecular weight is 519 g/mol. The molecule has 184 valence electrons. The summed E-state index contributed by atoms with van der Waals surface area (Å²) in [6.45, 7) is 4.63. The predicted molar refractivity (Wildman–Crippen MR) is 146 cm³/mol. The Hall–Kier alpha value is -3.76. The second-order valence-corrected chi connectivity index (χ2v) is 9.77. The zero-order valence-corrected chi connectivity index (χ0v) is 21.6. The topological polar surface area (TPSA) is 102 Å². The predicted octanol–water partition coefficient (Wildman–Crippen LogP) is 5.58. The molecule has 8 nitrogen and oxygen atoms in total. The smallest absolute Gasteiger partial charge is 0.248 e. The van der Waals surface area contributed by atoms with Crippen molar-refractivity contribution < 1.29 is 9.59 Å². The van der Waals surface area contributed by atoms with Crippen molar-refractivity contribution in [3.05, 3.63) is 77.8 Å². The first-order valence-electron chi connectivity index (χ1n) is 11.5. The van der Waals surface area contributed by atoms with Crippen LogP contribution in [0.25, 0.3) is 17.5 Å². The third-order valence-electron chi connectivity index (χ3n) is 5.24. The maximum Gasteiger partial charge on any atom is 0.248 e. The summed E-state index contributed by atoms with van der Waals surface area (Å²) in [6.07, 6.45) is 5.58. The molecule has 0 saturated carbocycles. The van der Waals surface area contributed by atoms with E-state index < -0.39 is 0 Å². The molecule has 0 spiro atoms. The first-order valence-corrected chi connectivity index (χ1v) is 13.3. The first-order chi connectivity index (χ1) is 17.6. The number of thiazole rings is 1. The van der Waals surface area contributed by atoms with Gasteiger partial charge in [-0.15, -0.1) is 21.5 Å². The first kappa shape index (κ1) is 25.3. The SMILES string of the molecule is CCC(Sc1nnc(-c2ccc(NC(=O)/C=C/c3ccccc3)cc2)n1CC)C(=O)Nc1nccs1. The highest BCUT2D eigenvalue weighted by atomic mass is 32.2. The highest BCUT2D eigenvalue weighted by Gasteiger charge is 2.23. The summed E-state index contributed by atoms with van der Waals surface area (Å²) in [5.41, 5.74) is 2.51. The number of nitrogens with zero attached hydrogens (tertiary/aromatic N) is 4. The molecule has 0 aliphatic heterocycles. The number of benzene rings is 2. The van der Waals surface area contributed by atoms with Crippen molar-refractivity contribution >= 4 is 51.8 Å². The van der Waals surface area contributed by atoms with Crippen molar-refractivity contribution in [1.29, 1.82) is 0 Å². The summed E-state index contributed by atoms with van der Waals surface area (Å²) >= 11 is 2.78. The molecule has 0 aliphatic carbocycles. The summed E-state index contributed by atoms with van der Waals surface area (Å²) < 4.78 is 1.99. The van der Waals surface area contributed by atoms with Crippen LogP contribution in [0.5, 0.6) is 0 Å². The standard InChI is InChI=1S/C26H26N6O2S2/c1-3-21(24(34)29-25-27-16-17-35-25)36-26-31-30-23(32(26)4-2)19-11-13-20(14-12-19)28-22(33)15-10-18-8-6-5-7-9-18/h5-17,21H,3-4H2,1-2H3,(H,28,33)(H,27,29,34)/b15-10+. The van der Waals surface area contributed by atoms with E-state index >= 15 is 0 Å². The fraction of sp³-hybridized carbons (Fsp3) is 0.192. The van der Waals surface area contributed by atoms with Crippen molar-refractivity contribution in [2.24, 2.45) is 0 Å². The van der Waals surface area contributed by atoms with Crippen LogP contribution in [0, 0.1) is 0 Å². The number of anilines is 2. The van der Waals surface area contributed by atoms with Gasteiger partial charge in [0.05, 0.1) is 5.25 Å². The molecule has 36 heavy (non-hydrogen) atoms. The van der Waals surface area contributed by atoms with Gasteiger partial charge in [0.1, 0.15) is 0 Å². The molecule has 10 heteroatoms. The Morgan fingerprint density at radius 3 is 2.50 bits per heavy atom. The maximum atomic E-state index is 12.7. The number of nitrogens with one attached hydrogen (secondary N) is 2. The quantitative estimate of drug-likeness (QED) is 0.210. The highest BCUT2D eigenvalue weighted by molar-refractivity contribution is 8.00. The van der Waals surface area contributed by atoms with Gasteiger partial charge in [0.15, 0.2) is 16.1 Å². The van der Waals surface area contributed by atoms with Gasteiger partial charge < -0.3 is 15.2 Å². The number of hydrogen-bond donors (Lipinski definition) is 2. The van der Waals surface area contributed by atoms with Gasteiger partial charge in [-0.25, -0.2) is 4.98 Å². The molecule has 0 bridgehead atoms. The Balaban J connectivity index is 1.42. The molecule has 0 saturated heterocycles. The minimum Gasteiger partial charge on any atom is -0.323 e. The molecule has 1 atom stereocenters. The van der Waals surface area contributed by atoms with Gasteiger partial charge in [0, 0.05) is 35.4 Å². The van der Waals surface area contributed by atoms with Gasteiger partial charge in [0.2, 0.25) is 11.8 Å². The average Bonchev–Trinajstić information content (AvgIpc) is 3.56. The number of carbonyl (C=O) groups excluding carboxylic acids is 2. The fourth-order valence-corrected chi connectivity index (χ4v) is 4.97. The number of aromatic nitrogens is 4. The lowest BCUT2D eigenvalue weighted by atomic mass is 10.2. The van der Waals surface area contributed by atoms with Gasteiger partial charge in [-0.3, -0.25) is 9.59 Å². The molecule has 2 aromatic heterocycles. The number of thioether (sulfide) groups is 1. The van der Waals surface area contributed by atoms with Crippen LogP contribution < -0.4 is 10.6 Å². The van der Waals surface area contributed by atoms with Crippen LogP contribution >= 0.6 is 23.1 Å². The Kier molecular flexibility index (Phi) is 8.64. The second-order valence-electron chi connectivity index (χ2n) is 7.70. The van der Waals surface area contributed by atoms with E-state index in [0.29, 0.717) is 34.8 Å². The van der Waals surface area contributed by atoms with E-state index in [2.05, 4.69) is 25.8 Å². The summed E-state index contributed by atoms with van der Waals surface area (Å²) in [5.74, 6) is 0.395. The number of rotatable bonds is 10. The molecule has 2 heterocycles. The minimum atomic E-state index is -0.322. The molecule has 0 radical (unpaired) electrons. The van der Waals surface area contributed by atoms with Crippen molar-refractivity contribution in [2.75, 3.05) is 10.6 Å². The number of carbonyl (C=O) groups is 2. The molecule has 2 aromatic carbocycles. The maximum absolute atomic E-state index is 12.7. The van der Waals surface area contributed by atoms with E-state index in [9.17, 15) is 9.59 Å². The molecule has 4 rings (SSSR count). The van der Waals surface area contributed by atoms with E-state index in [4.69, 9.17) is 0 Å². The lowest BCUT2D eigenvalue weighted by Gasteiger charge is -2.14. The van der Waals surface area contributed by atoms with E-state index in [1.807, 2.05) is 78.4 Å². The van der Waals surface area contributed by atoms with Gasteiger partial charge in [-0.05, 0) is 49.2 Å². The van der Waals surface area contributed by atoms with Crippen LogP contribution in [0.1, 0.15) is 25.8 Å². The molecule has 1 unspecified atom stereocenters.